The number of aromatic nitrogens is 1. The number of carbonyl (C=O) groups excluding carboxylic acids is 1. The van der Waals surface area contributed by atoms with Gasteiger partial charge in [-0.2, -0.15) is 5.10 Å². The minimum Gasteiger partial charge on any atom is -0.448 e. The number of nitrogens with one attached hydrogen (secondary N) is 1. The lowest BCUT2D eigenvalue weighted by Crippen LogP contribution is -2.18. The molecular formula is C19H11N5O6S2. The summed E-state index contributed by atoms with van der Waals surface area (Å²) in [6.45, 7) is 0. The molecule has 4 rings (SSSR count). The standard InChI is InChI=1S/C19H11N5O6S2/c25-18(13-3-1-2-4-15(13)24(28)29)22-20-10-12-6-8-17(30-12)32-19-21-14-7-5-11(23(26)27)9-16(14)31-19/h1-10H,(H,22,25)/b20-10+. The number of hydrazone groups is 1. The second-order valence-corrected chi connectivity index (χ2v) is 8.40. The predicted octanol–water partition coefficient (Wildman–Crippen LogP) is 4.62. The van der Waals surface area contributed by atoms with Crippen LogP contribution in [0.5, 0.6) is 0 Å². The van der Waals surface area contributed by atoms with Gasteiger partial charge in [0, 0.05) is 18.2 Å². The van der Waals surface area contributed by atoms with Gasteiger partial charge in [0.2, 0.25) is 0 Å². The number of nitrogens with zero attached hydrogens (tertiary/aromatic N) is 4. The van der Waals surface area contributed by atoms with E-state index in [0.717, 1.165) is 0 Å². The fourth-order valence-corrected chi connectivity index (χ4v) is 4.64. The van der Waals surface area contributed by atoms with Crippen molar-refractivity contribution in [1.82, 2.24) is 10.4 Å². The van der Waals surface area contributed by atoms with Gasteiger partial charge < -0.3 is 4.42 Å². The van der Waals surface area contributed by atoms with E-state index < -0.39 is 15.8 Å². The summed E-state index contributed by atoms with van der Waals surface area (Å²) in [4.78, 5) is 37.4. The van der Waals surface area contributed by atoms with Gasteiger partial charge in [-0.05, 0) is 36.0 Å². The molecule has 32 heavy (non-hydrogen) atoms. The number of furan rings is 1. The molecule has 11 nitrogen and oxygen atoms in total. The van der Waals surface area contributed by atoms with Crippen molar-refractivity contribution < 1.29 is 19.1 Å². The van der Waals surface area contributed by atoms with Gasteiger partial charge in [0.15, 0.2) is 9.43 Å². The maximum atomic E-state index is 12.1. The lowest BCUT2D eigenvalue weighted by molar-refractivity contribution is -0.385. The topological polar surface area (TPSA) is 154 Å². The Morgan fingerprint density at radius 1 is 1.12 bits per heavy atom. The molecule has 0 aliphatic heterocycles. The Labute approximate surface area is 187 Å². The van der Waals surface area contributed by atoms with Crippen LogP contribution >= 0.6 is 23.1 Å². The van der Waals surface area contributed by atoms with Crippen molar-refractivity contribution in [1.29, 1.82) is 0 Å². The number of amides is 1. The Kier molecular flexibility index (Phi) is 5.91. The van der Waals surface area contributed by atoms with Gasteiger partial charge in [0.05, 0.1) is 26.3 Å². The number of fused-ring (bicyclic) bond motifs is 1. The minimum absolute atomic E-state index is 0.00271. The highest BCUT2D eigenvalue weighted by atomic mass is 32.2. The zero-order valence-electron chi connectivity index (χ0n) is 15.8. The van der Waals surface area contributed by atoms with Crippen LogP contribution in [0.4, 0.5) is 11.4 Å². The number of benzene rings is 2. The third-order valence-corrected chi connectivity index (χ3v) is 6.06. The van der Waals surface area contributed by atoms with E-state index in [1.165, 1.54) is 65.7 Å². The first-order valence-corrected chi connectivity index (χ1v) is 10.4. The first kappa shape index (κ1) is 21.1. The van der Waals surface area contributed by atoms with Gasteiger partial charge in [-0.3, -0.25) is 25.0 Å². The number of carbonyl (C=O) groups is 1. The van der Waals surface area contributed by atoms with Crippen molar-refractivity contribution in [2.75, 3.05) is 0 Å². The predicted molar refractivity (Wildman–Crippen MR) is 117 cm³/mol. The SMILES string of the molecule is O=C(N/N=C/c1ccc(Sc2nc3ccc([N+](=O)[O-])cc3s2)o1)c1ccccc1[N+](=O)[O-]. The van der Waals surface area contributed by atoms with E-state index in [4.69, 9.17) is 4.42 Å². The summed E-state index contributed by atoms with van der Waals surface area (Å²) in [5.74, 6) is -0.384. The summed E-state index contributed by atoms with van der Waals surface area (Å²) in [5, 5.41) is 26.2. The number of hydrogen-bond acceptors (Lipinski definition) is 10. The lowest BCUT2D eigenvalue weighted by atomic mass is 10.2. The highest BCUT2D eigenvalue weighted by Gasteiger charge is 2.18. The largest absolute Gasteiger partial charge is 0.448 e. The van der Waals surface area contributed by atoms with E-state index in [-0.39, 0.29) is 16.9 Å². The maximum Gasteiger partial charge on any atom is 0.282 e. The summed E-state index contributed by atoms with van der Waals surface area (Å²) < 4.78 is 6.94. The maximum absolute atomic E-state index is 12.1. The van der Waals surface area contributed by atoms with Crippen molar-refractivity contribution in [3.05, 3.63) is 86.1 Å². The lowest BCUT2D eigenvalue weighted by Gasteiger charge is -2.00. The van der Waals surface area contributed by atoms with Crippen LogP contribution in [0.25, 0.3) is 10.2 Å². The van der Waals surface area contributed by atoms with E-state index in [0.29, 0.717) is 25.4 Å². The molecule has 0 atom stereocenters. The summed E-state index contributed by atoms with van der Waals surface area (Å²) in [5.41, 5.74) is 2.44. The molecule has 4 aromatic rings. The molecule has 0 bridgehead atoms. The van der Waals surface area contributed by atoms with Crippen molar-refractivity contribution in [2.24, 2.45) is 5.10 Å². The molecule has 160 valence electrons. The number of rotatable bonds is 7. The zero-order valence-corrected chi connectivity index (χ0v) is 17.5. The van der Waals surface area contributed by atoms with Crippen LogP contribution in [0.1, 0.15) is 16.1 Å². The number of para-hydroxylation sites is 1. The van der Waals surface area contributed by atoms with Crippen molar-refractivity contribution in [3.8, 4) is 0 Å². The average Bonchev–Trinajstić information content (AvgIpc) is 3.39. The van der Waals surface area contributed by atoms with Gasteiger partial charge >= 0.3 is 0 Å². The number of nitro benzene ring substituents is 2. The summed E-state index contributed by atoms with van der Waals surface area (Å²) in [7, 11) is 0. The number of non-ortho nitro benzene ring substituents is 1. The first-order valence-electron chi connectivity index (χ1n) is 8.80. The molecule has 1 N–H and O–H groups in total. The van der Waals surface area contributed by atoms with Gasteiger partial charge in [-0.1, -0.05) is 12.1 Å². The van der Waals surface area contributed by atoms with Crippen LogP contribution in [0, 0.1) is 20.2 Å². The fourth-order valence-electron chi connectivity index (χ4n) is 2.63. The van der Waals surface area contributed by atoms with E-state index in [9.17, 15) is 25.0 Å². The fraction of sp³-hybridized carbons (Fsp3) is 0. The van der Waals surface area contributed by atoms with Gasteiger partial charge in [0.25, 0.3) is 17.3 Å². The monoisotopic (exact) mass is 469 g/mol. The van der Waals surface area contributed by atoms with Gasteiger partial charge in [-0.25, -0.2) is 10.4 Å². The third kappa shape index (κ3) is 4.63. The quantitative estimate of drug-likeness (QED) is 0.234. The van der Waals surface area contributed by atoms with E-state index in [2.05, 4.69) is 15.5 Å². The van der Waals surface area contributed by atoms with E-state index in [1.54, 1.807) is 18.2 Å². The summed E-state index contributed by atoms with van der Waals surface area (Å²) >= 11 is 2.53. The Bertz CT molecular complexity index is 1380. The Morgan fingerprint density at radius 3 is 2.72 bits per heavy atom. The molecule has 0 aliphatic carbocycles. The van der Waals surface area contributed by atoms with Crippen molar-refractivity contribution in [3.63, 3.8) is 0 Å². The highest BCUT2D eigenvalue weighted by Crippen LogP contribution is 2.36. The number of nitro groups is 2. The molecule has 0 aliphatic rings. The molecule has 2 aromatic heterocycles. The molecule has 0 unspecified atom stereocenters. The smallest absolute Gasteiger partial charge is 0.282 e. The van der Waals surface area contributed by atoms with E-state index in [1.807, 2.05) is 0 Å². The molecule has 0 saturated carbocycles. The molecular weight excluding hydrogens is 458 g/mol. The Morgan fingerprint density at radius 2 is 1.94 bits per heavy atom. The molecule has 2 aromatic carbocycles. The molecule has 1 amide bonds. The molecule has 0 saturated heterocycles. The van der Waals surface area contributed by atoms with Crippen LogP contribution in [0.2, 0.25) is 0 Å². The highest BCUT2D eigenvalue weighted by molar-refractivity contribution is 8.01. The Balaban J connectivity index is 1.41. The average molecular weight is 469 g/mol. The molecule has 2 heterocycles. The van der Waals surface area contributed by atoms with Gasteiger partial charge in [0.1, 0.15) is 11.3 Å². The van der Waals surface area contributed by atoms with Crippen molar-refractivity contribution >= 4 is 56.8 Å². The number of thiazole rings is 1. The van der Waals surface area contributed by atoms with E-state index >= 15 is 0 Å². The van der Waals surface area contributed by atoms with Crippen LogP contribution in [-0.2, 0) is 0 Å². The van der Waals surface area contributed by atoms with Crippen LogP contribution in [0.15, 0.2) is 73.5 Å². The summed E-state index contributed by atoms with van der Waals surface area (Å²) in [6.07, 6.45) is 1.26. The van der Waals surface area contributed by atoms with Crippen LogP contribution < -0.4 is 5.43 Å². The van der Waals surface area contributed by atoms with Crippen LogP contribution in [-0.4, -0.2) is 27.0 Å². The second kappa shape index (κ2) is 8.95. The zero-order chi connectivity index (χ0) is 22.7. The summed E-state index contributed by atoms with van der Waals surface area (Å²) in [6, 6.07) is 13.3. The molecule has 0 fully saturated rings. The normalized spacial score (nSPS) is 11.1. The van der Waals surface area contributed by atoms with Crippen molar-refractivity contribution in [2.45, 2.75) is 9.43 Å². The van der Waals surface area contributed by atoms with Gasteiger partial charge in [-0.15, -0.1) is 11.3 Å². The molecule has 0 spiro atoms. The molecule has 0 radical (unpaired) electrons. The first-order chi connectivity index (χ1) is 15.4. The minimum atomic E-state index is -0.724. The molecule has 13 heteroatoms. The Hall–Kier alpha value is -4.10. The third-order valence-electron chi connectivity index (χ3n) is 4.06. The second-order valence-electron chi connectivity index (χ2n) is 6.12. The van der Waals surface area contributed by atoms with Crippen LogP contribution in [0.3, 0.4) is 0 Å². The number of hydrogen-bond donors (Lipinski definition) is 1.